The summed E-state index contributed by atoms with van der Waals surface area (Å²) in [4.78, 5) is 2.32. The van der Waals surface area contributed by atoms with Crippen LogP contribution in [0.2, 0.25) is 0 Å². The summed E-state index contributed by atoms with van der Waals surface area (Å²) in [6, 6.07) is 29.8. The van der Waals surface area contributed by atoms with E-state index in [1.807, 2.05) is 12.1 Å². The van der Waals surface area contributed by atoms with Gasteiger partial charge in [-0.3, -0.25) is 0 Å². The predicted molar refractivity (Wildman–Crippen MR) is 110 cm³/mol. The molecule has 0 saturated carbocycles. The van der Waals surface area contributed by atoms with Crippen LogP contribution in [0, 0.1) is 11.3 Å². The Balaban J connectivity index is 1.93. The van der Waals surface area contributed by atoms with E-state index in [9.17, 15) is 5.26 Å². The van der Waals surface area contributed by atoms with Gasteiger partial charge in [0.05, 0.1) is 17.5 Å². The van der Waals surface area contributed by atoms with Crippen LogP contribution in [0.3, 0.4) is 0 Å². The van der Waals surface area contributed by atoms with Crippen molar-refractivity contribution >= 4 is 16.8 Å². The highest BCUT2D eigenvalue weighted by Gasteiger charge is 2.34. The number of hydrogen-bond donors (Lipinski definition) is 0. The third-order valence-electron chi connectivity index (χ3n) is 5.39. The summed E-state index contributed by atoms with van der Waals surface area (Å²) < 4.78 is 0. The van der Waals surface area contributed by atoms with Gasteiger partial charge >= 0.3 is 0 Å². The van der Waals surface area contributed by atoms with Crippen molar-refractivity contribution in [2.45, 2.75) is 6.42 Å². The lowest BCUT2D eigenvalue weighted by atomic mass is 9.83. The number of nitriles is 1. The monoisotopic (exact) mass is 346 g/mol. The Morgan fingerprint density at radius 1 is 0.778 bits per heavy atom. The first-order valence-corrected chi connectivity index (χ1v) is 9.23. The Morgan fingerprint density at radius 2 is 1.44 bits per heavy atom. The fourth-order valence-corrected chi connectivity index (χ4v) is 4.31. The second-order valence-electron chi connectivity index (χ2n) is 6.86. The van der Waals surface area contributed by atoms with E-state index >= 15 is 0 Å². The highest BCUT2D eigenvalue weighted by Crippen LogP contribution is 2.50. The van der Waals surface area contributed by atoms with E-state index in [0.717, 1.165) is 29.8 Å². The minimum atomic E-state index is 0.915. The van der Waals surface area contributed by atoms with Gasteiger partial charge < -0.3 is 4.90 Å². The zero-order valence-corrected chi connectivity index (χ0v) is 14.9. The molecule has 0 bridgehead atoms. The molecule has 0 saturated heterocycles. The molecule has 0 spiro atoms. The Hall–Kier alpha value is -3.57. The highest BCUT2D eigenvalue weighted by atomic mass is 15.2. The normalized spacial score (nSPS) is 16.4. The molecular formula is C25H18N2. The van der Waals surface area contributed by atoms with Crippen LogP contribution in [0.15, 0.2) is 90.6 Å². The van der Waals surface area contributed by atoms with Crippen molar-refractivity contribution in [2.75, 3.05) is 11.4 Å². The van der Waals surface area contributed by atoms with Crippen LogP contribution >= 0.6 is 0 Å². The Morgan fingerprint density at radius 3 is 2.11 bits per heavy atom. The van der Waals surface area contributed by atoms with Gasteiger partial charge in [-0.1, -0.05) is 78.9 Å². The molecule has 0 amide bonds. The third kappa shape index (κ3) is 2.40. The molecule has 0 aliphatic carbocycles. The van der Waals surface area contributed by atoms with Gasteiger partial charge in [-0.2, -0.15) is 5.26 Å². The van der Waals surface area contributed by atoms with Gasteiger partial charge in [-0.15, -0.1) is 0 Å². The summed E-state index contributed by atoms with van der Waals surface area (Å²) in [5.74, 6) is 0. The molecule has 0 fully saturated rings. The Kier molecular flexibility index (Phi) is 3.66. The van der Waals surface area contributed by atoms with Crippen LogP contribution in [0.4, 0.5) is 5.69 Å². The summed E-state index contributed by atoms with van der Waals surface area (Å²) in [6.45, 7) is 0.915. The number of anilines is 1. The zero-order valence-electron chi connectivity index (χ0n) is 14.9. The Bertz CT molecular complexity index is 1120. The number of rotatable bonds is 2. The van der Waals surface area contributed by atoms with Gasteiger partial charge in [-0.25, -0.2) is 0 Å². The van der Waals surface area contributed by atoms with E-state index < -0.39 is 0 Å². The van der Waals surface area contributed by atoms with Crippen molar-refractivity contribution < 1.29 is 0 Å². The fraction of sp³-hybridized carbons (Fsp3) is 0.0800. The summed E-state index contributed by atoms with van der Waals surface area (Å²) in [5, 5.41) is 9.54. The number of allylic oxidation sites excluding steroid dienone is 2. The van der Waals surface area contributed by atoms with Crippen molar-refractivity contribution in [2.24, 2.45) is 0 Å². The standard InChI is InChI=1S/C25H18N2/c26-16-14-22-24(19-10-5-2-6-11-19)23(18-8-3-1-4-9-18)21-13-7-12-20-15-17-27(22)25(20)21/h1-14H,15,17H2/b22-14+. The number of hydrogen-bond acceptors (Lipinski definition) is 2. The molecule has 3 aromatic carbocycles. The molecule has 2 heterocycles. The van der Waals surface area contributed by atoms with Gasteiger partial charge in [0, 0.05) is 29.3 Å². The first-order chi connectivity index (χ1) is 13.4. The summed E-state index contributed by atoms with van der Waals surface area (Å²) in [6.07, 6.45) is 2.71. The maximum atomic E-state index is 9.54. The van der Waals surface area contributed by atoms with E-state index in [1.165, 1.54) is 28.0 Å². The molecule has 3 aromatic rings. The SMILES string of the molecule is N#C/C=C1\C(c2ccccc2)=C(c2ccccc2)c2cccc3c2N1CC3. The average Bonchev–Trinajstić information content (AvgIpc) is 3.16. The molecule has 2 aliphatic heterocycles. The molecule has 5 rings (SSSR count). The lowest BCUT2D eigenvalue weighted by Crippen LogP contribution is -2.25. The van der Waals surface area contributed by atoms with Crippen LogP contribution in [-0.2, 0) is 6.42 Å². The maximum absolute atomic E-state index is 9.54. The minimum absolute atomic E-state index is 0.915. The van der Waals surface area contributed by atoms with E-state index in [1.54, 1.807) is 6.08 Å². The second-order valence-corrected chi connectivity index (χ2v) is 6.86. The van der Waals surface area contributed by atoms with Crippen molar-refractivity contribution in [1.29, 1.82) is 5.26 Å². The van der Waals surface area contributed by atoms with Crippen LogP contribution in [0.25, 0.3) is 11.1 Å². The third-order valence-corrected chi connectivity index (χ3v) is 5.39. The topological polar surface area (TPSA) is 27.0 Å². The number of nitrogens with zero attached hydrogens (tertiary/aromatic N) is 2. The number of benzene rings is 3. The van der Waals surface area contributed by atoms with Crippen molar-refractivity contribution in [1.82, 2.24) is 0 Å². The second kappa shape index (κ2) is 6.30. The van der Waals surface area contributed by atoms with E-state index in [2.05, 4.69) is 77.7 Å². The lowest BCUT2D eigenvalue weighted by molar-refractivity contribution is 0.964. The Labute approximate surface area is 159 Å². The smallest absolute Gasteiger partial charge is 0.0934 e. The quantitative estimate of drug-likeness (QED) is 0.579. The van der Waals surface area contributed by atoms with Crippen molar-refractivity contribution in [3.63, 3.8) is 0 Å². The van der Waals surface area contributed by atoms with Crippen LogP contribution < -0.4 is 4.90 Å². The fourth-order valence-electron chi connectivity index (χ4n) is 4.31. The lowest BCUT2D eigenvalue weighted by Gasteiger charge is -2.34. The van der Waals surface area contributed by atoms with Gasteiger partial charge in [0.15, 0.2) is 0 Å². The van der Waals surface area contributed by atoms with Crippen molar-refractivity contribution in [3.05, 3.63) is 113 Å². The van der Waals surface area contributed by atoms with Gasteiger partial charge in [0.2, 0.25) is 0 Å². The van der Waals surface area contributed by atoms with Gasteiger partial charge in [0.25, 0.3) is 0 Å². The maximum Gasteiger partial charge on any atom is 0.0934 e. The van der Waals surface area contributed by atoms with E-state index in [-0.39, 0.29) is 0 Å². The average molecular weight is 346 g/mol. The summed E-state index contributed by atoms with van der Waals surface area (Å²) in [7, 11) is 0. The minimum Gasteiger partial charge on any atom is -0.339 e. The van der Waals surface area contributed by atoms with E-state index in [4.69, 9.17) is 0 Å². The van der Waals surface area contributed by atoms with Crippen LogP contribution in [-0.4, -0.2) is 6.54 Å². The first kappa shape index (κ1) is 15.7. The molecule has 2 aliphatic rings. The molecule has 0 N–H and O–H groups in total. The van der Waals surface area contributed by atoms with Crippen LogP contribution in [0.1, 0.15) is 22.3 Å². The summed E-state index contributed by atoms with van der Waals surface area (Å²) in [5.41, 5.74) is 9.54. The molecule has 0 atom stereocenters. The molecule has 2 heteroatoms. The summed E-state index contributed by atoms with van der Waals surface area (Å²) >= 11 is 0. The molecule has 0 unspecified atom stereocenters. The van der Waals surface area contributed by atoms with Gasteiger partial charge in [0.1, 0.15) is 0 Å². The highest BCUT2D eigenvalue weighted by molar-refractivity contribution is 6.11. The molecule has 0 radical (unpaired) electrons. The molecule has 0 aromatic heterocycles. The first-order valence-electron chi connectivity index (χ1n) is 9.23. The van der Waals surface area contributed by atoms with Crippen LogP contribution in [0.5, 0.6) is 0 Å². The number of para-hydroxylation sites is 1. The van der Waals surface area contributed by atoms with Gasteiger partial charge in [-0.05, 0) is 23.1 Å². The molecular weight excluding hydrogens is 328 g/mol. The van der Waals surface area contributed by atoms with E-state index in [0.29, 0.717) is 0 Å². The van der Waals surface area contributed by atoms with Crippen molar-refractivity contribution in [3.8, 4) is 6.07 Å². The molecule has 2 nitrogen and oxygen atoms in total. The zero-order chi connectivity index (χ0) is 18.2. The largest absolute Gasteiger partial charge is 0.339 e. The molecule has 27 heavy (non-hydrogen) atoms. The predicted octanol–water partition coefficient (Wildman–Crippen LogP) is 5.43. The molecule has 128 valence electrons.